The van der Waals surface area contributed by atoms with Gasteiger partial charge in [-0.05, 0) is 41.9 Å². The van der Waals surface area contributed by atoms with E-state index < -0.39 is 5.82 Å². The van der Waals surface area contributed by atoms with Crippen LogP contribution in [0.15, 0.2) is 22.7 Å². The summed E-state index contributed by atoms with van der Waals surface area (Å²) in [5, 5.41) is 0. The summed E-state index contributed by atoms with van der Waals surface area (Å²) in [4.78, 5) is 14.0. The average Bonchev–Trinajstić information content (AvgIpc) is 2.32. The van der Waals surface area contributed by atoms with Crippen molar-refractivity contribution >= 4 is 21.8 Å². The standard InChI is InChI=1S/C13H17BrFNO2/c1-9(2)16(7-8-18-3)13(17)10-5-4-6-11(15)12(10)14/h4-6,9H,7-8H2,1-3H3. The molecule has 0 saturated carbocycles. The Morgan fingerprint density at radius 2 is 2.17 bits per heavy atom. The van der Waals surface area contributed by atoms with Crippen LogP contribution in [0.2, 0.25) is 0 Å². The van der Waals surface area contributed by atoms with Crippen LogP contribution in [0, 0.1) is 5.82 Å². The molecule has 1 aromatic rings. The van der Waals surface area contributed by atoms with Crippen LogP contribution in [0.5, 0.6) is 0 Å². The van der Waals surface area contributed by atoms with Crippen LogP contribution in [0.4, 0.5) is 4.39 Å². The first-order valence-electron chi connectivity index (χ1n) is 5.73. The van der Waals surface area contributed by atoms with Gasteiger partial charge in [0.15, 0.2) is 0 Å². The minimum Gasteiger partial charge on any atom is -0.383 e. The van der Waals surface area contributed by atoms with Gasteiger partial charge in [0, 0.05) is 19.7 Å². The van der Waals surface area contributed by atoms with E-state index in [4.69, 9.17) is 4.74 Å². The number of benzene rings is 1. The van der Waals surface area contributed by atoms with Crippen molar-refractivity contribution in [3.05, 3.63) is 34.1 Å². The molecule has 1 amide bonds. The van der Waals surface area contributed by atoms with Crippen LogP contribution in [-0.4, -0.2) is 37.1 Å². The van der Waals surface area contributed by atoms with Gasteiger partial charge in [0.2, 0.25) is 0 Å². The molecule has 0 N–H and O–H groups in total. The third-order valence-electron chi connectivity index (χ3n) is 2.60. The quantitative estimate of drug-likeness (QED) is 0.835. The van der Waals surface area contributed by atoms with Crippen molar-refractivity contribution < 1.29 is 13.9 Å². The summed E-state index contributed by atoms with van der Waals surface area (Å²) in [5.74, 6) is -0.635. The number of amides is 1. The molecule has 0 unspecified atom stereocenters. The van der Waals surface area contributed by atoms with Gasteiger partial charge in [-0.3, -0.25) is 4.79 Å². The van der Waals surface area contributed by atoms with Gasteiger partial charge in [-0.2, -0.15) is 0 Å². The second kappa shape index (κ2) is 6.85. The second-order valence-electron chi connectivity index (χ2n) is 4.19. The third kappa shape index (κ3) is 3.53. The fourth-order valence-electron chi connectivity index (χ4n) is 1.61. The van der Waals surface area contributed by atoms with E-state index in [2.05, 4.69) is 15.9 Å². The normalized spacial score (nSPS) is 10.8. The highest BCUT2D eigenvalue weighted by Crippen LogP contribution is 2.22. The molecule has 0 aliphatic carbocycles. The van der Waals surface area contributed by atoms with Crippen molar-refractivity contribution in [3.63, 3.8) is 0 Å². The second-order valence-corrected chi connectivity index (χ2v) is 4.98. The number of methoxy groups -OCH3 is 1. The lowest BCUT2D eigenvalue weighted by Gasteiger charge is -2.27. The van der Waals surface area contributed by atoms with E-state index in [1.54, 1.807) is 18.1 Å². The molecule has 100 valence electrons. The van der Waals surface area contributed by atoms with Crippen molar-refractivity contribution in [2.45, 2.75) is 19.9 Å². The molecule has 0 heterocycles. The van der Waals surface area contributed by atoms with Crippen LogP contribution in [0.25, 0.3) is 0 Å². The fraction of sp³-hybridized carbons (Fsp3) is 0.462. The Bertz CT molecular complexity index is 423. The van der Waals surface area contributed by atoms with E-state index in [1.165, 1.54) is 12.1 Å². The number of rotatable bonds is 5. The summed E-state index contributed by atoms with van der Waals surface area (Å²) in [7, 11) is 1.58. The highest BCUT2D eigenvalue weighted by atomic mass is 79.9. The molecule has 0 aliphatic heterocycles. The zero-order valence-corrected chi connectivity index (χ0v) is 12.3. The first-order valence-corrected chi connectivity index (χ1v) is 6.52. The summed E-state index contributed by atoms with van der Waals surface area (Å²) >= 11 is 3.11. The van der Waals surface area contributed by atoms with Gasteiger partial charge in [-0.15, -0.1) is 0 Å². The Hall–Kier alpha value is -0.940. The number of carbonyl (C=O) groups is 1. The Labute approximate surface area is 115 Å². The molecule has 0 radical (unpaired) electrons. The molecule has 3 nitrogen and oxygen atoms in total. The van der Waals surface area contributed by atoms with Crippen LogP contribution in [-0.2, 0) is 4.74 Å². The monoisotopic (exact) mass is 317 g/mol. The Kier molecular flexibility index (Phi) is 5.75. The molecule has 0 saturated heterocycles. The lowest BCUT2D eigenvalue weighted by molar-refractivity contribution is 0.0633. The maximum Gasteiger partial charge on any atom is 0.255 e. The number of halogens is 2. The molecule has 0 fully saturated rings. The van der Waals surface area contributed by atoms with Crippen LogP contribution >= 0.6 is 15.9 Å². The summed E-state index contributed by atoms with van der Waals surface area (Å²) in [6, 6.07) is 4.48. The van der Waals surface area contributed by atoms with E-state index in [0.29, 0.717) is 18.7 Å². The van der Waals surface area contributed by atoms with E-state index in [1.807, 2.05) is 13.8 Å². The summed E-state index contributed by atoms with van der Waals surface area (Å²) < 4.78 is 18.6. The van der Waals surface area contributed by atoms with E-state index >= 15 is 0 Å². The molecule has 5 heteroatoms. The zero-order valence-electron chi connectivity index (χ0n) is 10.7. The van der Waals surface area contributed by atoms with Crippen molar-refractivity contribution in [3.8, 4) is 0 Å². The Morgan fingerprint density at radius 1 is 1.50 bits per heavy atom. The molecule has 0 aliphatic rings. The van der Waals surface area contributed by atoms with Gasteiger partial charge in [-0.25, -0.2) is 4.39 Å². The average molecular weight is 318 g/mol. The van der Waals surface area contributed by atoms with Gasteiger partial charge in [-0.1, -0.05) is 6.07 Å². The predicted octanol–water partition coefficient (Wildman–Crippen LogP) is 3.09. The summed E-state index contributed by atoms with van der Waals surface area (Å²) in [5.41, 5.74) is 0.333. The Balaban J connectivity index is 2.98. The third-order valence-corrected chi connectivity index (χ3v) is 3.41. The molecule has 1 aromatic carbocycles. The molecular formula is C13H17BrFNO2. The van der Waals surface area contributed by atoms with Gasteiger partial charge in [0.25, 0.3) is 5.91 Å². The summed E-state index contributed by atoms with van der Waals surface area (Å²) in [6.45, 7) is 4.77. The Morgan fingerprint density at radius 3 is 2.72 bits per heavy atom. The highest BCUT2D eigenvalue weighted by Gasteiger charge is 2.21. The number of hydrogen-bond donors (Lipinski definition) is 0. The number of nitrogens with zero attached hydrogens (tertiary/aromatic N) is 1. The maximum absolute atomic E-state index is 13.4. The van der Waals surface area contributed by atoms with Gasteiger partial charge in [0.05, 0.1) is 16.6 Å². The van der Waals surface area contributed by atoms with Gasteiger partial charge >= 0.3 is 0 Å². The van der Waals surface area contributed by atoms with Crippen molar-refractivity contribution in [1.82, 2.24) is 4.90 Å². The lowest BCUT2D eigenvalue weighted by atomic mass is 10.1. The molecule has 0 bridgehead atoms. The molecular weight excluding hydrogens is 301 g/mol. The minimum absolute atomic E-state index is 0.0304. The van der Waals surface area contributed by atoms with Gasteiger partial charge < -0.3 is 9.64 Å². The van der Waals surface area contributed by atoms with E-state index in [9.17, 15) is 9.18 Å². The number of carbonyl (C=O) groups excluding carboxylic acids is 1. The van der Waals surface area contributed by atoms with Gasteiger partial charge in [0.1, 0.15) is 5.82 Å². The van der Waals surface area contributed by atoms with Crippen molar-refractivity contribution in [2.75, 3.05) is 20.3 Å². The molecule has 0 aromatic heterocycles. The maximum atomic E-state index is 13.4. The molecule has 0 spiro atoms. The summed E-state index contributed by atoms with van der Waals surface area (Å²) in [6.07, 6.45) is 0. The van der Waals surface area contributed by atoms with E-state index in [-0.39, 0.29) is 16.4 Å². The topological polar surface area (TPSA) is 29.5 Å². The molecule has 0 atom stereocenters. The van der Waals surface area contributed by atoms with Crippen LogP contribution < -0.4 is 0 Å². The van der Waals surface area contributed by atoms with E-state index in [0.717, 1.165) is 0 Å². The first kappa shape index (κ1) is 15.1. The van der Waals surface area contributed by atoms with Crippen LogP contribution in [0.3, 0.4) is 0 Å². The smallest absolute Gasteiger partial charge is 0.255 e. The lowest BCUT2D eigenvalue weighted by Crippen LogP contribution is -2.39. The zero-order chi connectivity index (χ0) is 13.7. The molecule has 18 heavy (non-hydrogen) atoms. The predicted molar refractivity (Wildman–Crippen MR) is 72.1 cm³/mol. The van der Waals surface area contributed by atoms with Crippen molar-refractivity contribution in [1.29, 1.82) is 0 Å². The highest BCUT2D eigenvalue weighted by molar-refractivity contribution is 9.10. The number of hydrogen-bond acceptors (Lipinski definition) is 2. The molecule has 1 rings (SSSR count). The van der Waals surface area contributed by atoms with Crippen LogP contribution in [0.1, 0.15) is 24.2 Å². The number of ether oxygens (including phenoxy) is 1. The SMILES string of the molecule is COCCN(C(=O)c1cccc(F)c1Br)C(C)C. The minimum atomic E-state index is -0.434. The van der Waals surface area contributed by atoms with Crippen molar-refractivity contribution in [2.24, 2.45) is 0 Å². The largest absolute Gasteiger partial charge is 0.383 e. The first-order chi connectivity index (χ1) is 8.49. The fourth-order valence-corrected chi connectivity index (χ4v) is 2.04.